The molecule has 0 spiro atoms. The molecule has 1 aliphatic heterocycles. The lowest BCUT2D eigenvalue weighted by atomic mass is 10.1. The first kappa shape index (κ1) is 10.8. The summed E-state index contributed by atoms with van der Waals surface area (Å²) in [5.41, 5.74) is 0. The maximum atomic E-state index is 11.5. The van der Waals surface area contributed by atoms with Crippen LogP contribution in [0.5, 0.6) is 0 Å². The smallest absolute Gasteiger partial charge is 0.240 e. The molecule has 0 unspecified atom stereocenters. The molecule has 3 nitrogen and oxygen atoms in total. The number of rotatable bonds is 2. The molecular weight excluding hydrogens is 190 g/mol. The van der Waals surface area contributed by atoms with Crippen LogP contribution in [-0.4, -0.2) is 40.0 Å². The van der Waals surface area contributed by atoms with Gasteiger partial charge < -0.3 is 10.0 Å². The molecule has 1 saturated heterocycles. The van der Waals surface area contributed by atoms with E-state index in [1.807, 2.05) is 0 Å². The average molecular weight is 206 g/mol. The van der Waals surface area contributed by atoms with E-state index in [0.717, 1.165) is 19.4 Å². The van der Waals surface area contributed by atoms with Crippen molar-refractivity contribution in [3.8, 4) is 0 Å². The molecule has 0 aliphatic carbocycles. The number of hydrogen-bond acceptors (Lipinski definition) is 2. The van der Waals surface area contributed by atoms with Gasteiger partial charge in [-0.3, -0.25) is 4.79 Å². The number of hydrogen-bond donors (Lipinski definition) is 1. The van der Waals surface area contributed by atoms with E-state index in [1.54, 1.807) is 18.7 Å². The Bertz CT molecular complexity index is 194. The summed E-state index contributed by atoms with van der Waals surface area (Å²) in [5.74, 6) is -0.0648. The van der Waals surface area contributed by atoms with E-state index in [1.165, 1.54) is 0 Å². The van der Waals surface area contributed by atoms with Crippen molar-refractivity contribution in [1.29, 1.82) is 0 Å². The third kappa shape index (κ3) is 2.35. The molecule has 4 heteroatoms. The predicted octanol–water partition coefficient (Wildman–Crippen LogP) is 0.986. The van der Waals surface area contributed by atoms with E-state index in [2.05, 4.69) is 0 Å². The second-order valence-corrected chi connectivity index (χ2v) is 4.25. The first-order valence-corrected chi connectivity index (χ1v) is 5.10. The van der Waals surface area contributed by atoms with Crippen LogP contribution in [0.3, 0.4) is 0 Å². The third-order valence-corrected chi connectivity index (χ3v) is 2.67. The number of alkyl halides is 1. The van der Waals surface area contributed by atoms with Crippen LogP contribution in [0.15, 0.2) is 0 Å². The fraction of sp³-hybridized carbons (Fsp3) is 0.889. The summed E-state index contributed by atoms with van der Waals surface area (Å²) < 4.78 is 0. The summed E-state index contributed by atoms with van der Waals surface area (Å²) in [6.45, 7) is 4.11. The minimum Gasteiger partial charge on any atom is -0.391 e. The van der Waals surface area contributed by atoms with Crippen molar-refractivity contribution in [2.45, 2.75) is 44.2 Å². The molecule has 1 amide bonds. The van der Waals surface area contributed by atoms with Crippen LogP contribution in [-0.2, 0) is 4.79 Å². The van der Waals surface area contributed by atoms with E-state index in [4.69, 9.17) is 11.6 Å². The molecule has 13 heavy (non-hydrogen) atoms. The van der Waals surface area contributed by atoms with Crippen molar-refractivity contribution < 1.29 is 9.90 Å². The third-order valence-electron chi connectivity index (χ3n) is 2.48. The lowest BCUT2D eigenvalue weighted by Gasteiger charge is -2.27. The lowest BCUT2D eigenvalue weighted by molar-refractivity contribution is -0.133. The monoisotopic (exact) mass is 205 g/mol. The minimum atomic E-state index is -0.487. The zero-order valence-electron chi connectivity index (χ0n) is 8.03. The van der Waals surface area contributed by atoms with E-state index < -0.39 is 11.5 Å². The molecule has 3 atom stereocenters. The molecule has 76 valence electrons. The molecule has 1 aliphatic rings. The maximum absolute atomic E-state index is 11.5. The molecule has 1 N–H and O–H groups in total. The number of aliphatic hydroxyl groups excluding tert-OH is 1. The zero-order chi connectivity index (χ0) is 10.0. The fourth-order valence-electron chi connectivity index (χ4n) is 1.80. The highest BCUT2D eigenvalue weighted by Crippen LogP contribution is 2.21. The molecule has 1 rings (SSSR count). The lowest BCUT2D eigenvalue weighted by Crippen LogP contribution is -2.44. The predicted molar refractivity (Wildman–Crippen MR) is 51.7 cm³/mol. The van der Waals surface area contributed by atoms with Crippen molar-refractivity contribution in [3.05, 3.63) is 0 Å². The van der Waals surface area contributed by atoms with Gasteiger partial charge in [-0.2, -0.15) is 0 Å². The number of halogens is 1. The Kier molecular flexibility index (Phi) is 3.56. The summed E-state index contributed by atoms with van der Waals surface area (Å²) in [6.07, 6.45) is 1.39. The SMILES string of the molecule is C[C@H](Cl)C(=O)N1CCC[C@@H]1[C@@H](C)O. The van der Waals surface area contributed by atoms with Gasteiger partial charge in [-0.1, -0.05) is 0 Å². The number of amides is 1. The second kappa shape index (κ2) is 4.29. The van der Waals surface area contributed by atoms with Gasteiger partial charge in [0.25, 0.3) is 0 Å². The fourth-order valence-corrected chi connectivity index (χ4v) is 1.92. The highest BCUT2D eigenvalue weighted by atomic mass is 35.5. The van der Waals surface area contributed by atoms with Crippen molar-refractivity contribution in [3.63, 3.8) is 0 Å². The Morgan fingerprint density at radius 3 is 2.69 bits per heavy atom. The summed E-state index contributed by atoms with van der Waals surface area (Å²) in [5, 5.41) is 8.93. The van der Waals surface area contributed by atoms with Gasteiger partial charge in [0.15, 0.2) is 0 Å². The van der Waals surface area contributed by atoms with Crippen LogP contribution in [0, 0.1) is 0 Å². The summed E-state index contributed by atoms with van der Waals surface area (Å²) >= 11 is 5.71. The van der Waals surface area contributed by atoms with Gasteiger partial charge in [0.05, 0.1) is 12.1 Å². The molecule has 0 aromatic rings. The number of carbonyl (C=O) groups excluding carboxylic acids is 1. The average Bonchev–Trinajstić information content (AvgIpc) is 2.50. The standard InChI is InChI=1S/C9H16ClNO2/c1-6(10)9(13)11-5-3-4-8(11)7(2)12/h6-8,12H,3-5H2,1-2H3/t6-,7+,8+/m0/s1. The summed E-state index contributed by atoms with van der Waals surface area (Å²) in [4.78, 5) is 13.2. The Hall–Kier alpha value is -0.280. The quantitative estimate of drug-likeness (QED) is 0.683. The number of likely N-dealkylation sites (tertiary alicyclic amines) is 1. The highest BCUT2D eigenvalue weighted by Gasteiger charge is 2.33. The zero-order valence-corrected chi connectivity index (χ0v) is 8.79. The molecule has 0 bridgehead atoms. The molecule has 0 radical (unpaired) electrons. The number of carbonyl (C=O) groups is 1. The van der Waals surface area contributed by atoms with E-state index in [-0.39, 0.29) is 11.9 Å². The van der Waals surface area contributed by atoms with Crippen LogP contribution in [0.25, 0.3) is 0 Å². The van der Waals surface area contributed by atoms with Crippen LogP contribution >= 0.6 is 11.6 Å². The molecule has 1 fully saturated rings. The van der Waals surface area contributed by atoms with Crippen molar-refractivity contribution in [1.82, 2.24) is 4.90 Å². The maximum Gasteiger partial charge on any atom is 0.240 e. The first-order valence-electron chi connectivity index (χ1n) is 4.66. The molecule has 0 saturated carbocycles. The van der Waals surface area contributed by atoms with Crippen molar-refractivity contribution in [2.75, 3.05) is 6.54 Å². The summed E-state index contributed by atoms with van der Waals surface area (Å²) in [6, 6.07) is -0.0336. The van der Waals surface area contributed by atoms with Gasteiger partial charge in [-0.25, -0.2) is 0 Å². The second-order valence-electron chi connectivity index (χ2n) is 3.60. The largest absolute Gasteiger partial charge is 0.391 e. The van der Waals surface area contributed by atoms with Crippen LogP contribution < -0.4 is 0 Å². The Morgan fingerprint density at radius 2 is 2.23 bits per heavy atom. The highest BCUT2D eigenvalue weighted by molar-refractivity contribution is 6.30. The molecule has 1 heterocycles. The van der Waals surface area contributed by atoms with Crippen LogP contribution in [0.4, 0.5) is 0 Å². The summed E-state index contributed by atoms with van der Waals surface area (Å²) in [7, 11) is 0. The Morgan fingerprint density at radius 1 is 1.62 bits per heavy atom. The van der Waals surface area contributed by atoms with Gasteiger partial charge in [0.2, 0.25) is 5.91 Å². The molecule has 0 aromatic carbocycles. The van der Waals surface area contributed by atoms with Crippen LogP contribution in [0.2, 0.25) is 0 Å². The van der Waals surface area contributed by atoms with Gasteiger partial charge in [0, 0.05) is 6.54 Å². The Balaban J connectivity index is 2.63. The normalized spacial score (nSPS) is 27.4. The Labute approximate surface area is 83.7 Å². The first-order chi connectivity index (χ1) is 6.04. The van der Waals surface area contributed by atoms with E-state index >= 15 is 0 Å². The molecular formula is C9H16ClNO2. The van der Waals surface area contributed by atoms with Crippen molar-refractivity contribution in [2.24, 2.45) is 0 Å². The topological polar surface area (TPSA) is 40.5 Å². The van der Waals surface area contributed by atoms with Gasteiger partial charge in [-0.15, -0.1) is 11.6 Å². The molecule has 0 aromatic heterocycles. The van der Waals surface area contributed by atoms with E-state index in [0.29, 0.717) is 0 Å². The number of nitrogens with zero attached hydrogens (tertiary/aromatic N) is 1. The van der Waals surface area contributed by atoms with Gasteiger partial charge in [0.1, 0.15) is 5.38 Å². The van der Waals surface area contributed by atoms with Crippen LogP contribution in [0.1, 0.15) is 26.7 Å². The van der Waals surface area contributed by atoms with Gasteiger partial charge in [-0.05, 0) is 26.7 Å². The number of aliphatic hydroxyl groups is 1. The van der Waals surface area contributed by atoms with Crippen molar-refractivity contribution >= 4 is 17.5 Å². The van der Waals surface area contributed by atoms with E-state index in [9.17, 15) is 9.90 Å². The minimum absolute atomic E-state index is 0.0336. The van der Waals surface area contributed by atoms with Gasteiger partial charge >= 0.3 is 0 Å².